The van der Waals surface area contributed by atoms with E-state index in [1.54, 1.807) is 14.2 Å². The summed E-state index contributed by atoms with van der Waals surface area (Å²) >= 11 is 0. The van der Waals surface area contributed by atoms with Crippen LogP contribution in [0.3, 0.4) is 0 Å². The van der Waals surface area contributed by atoms with Gasteiger partial charge in [-0.05, 0) is 36.8 Å². The first kappa shape index (κ1) is 20.4. The number of methoxy groups -OCH3 is 1. The summed E-state index contributed by atoms with van der Waals surface area (Å²) in [4.78, 5) is 4.12. The zero-order valence-corrected chi connectivity index (χ0v) is 15.2. The van der Waals surface area contributed by atoms with Crippen LogP contribution < -0.4 is 15.4 Å². The predicted octanol–water partition coefficient (Wildman–Crippen LogP) is 3.30. The molecular weight excluding hydrogens is 347 g/mol. The van der Waals surface area contributed by atoms with E-state index in [1.807, 2.05) is 0 Å². The van der Waals surface area contributed by atoms with E-state index in [9.17, 15) is 13.2 Å². The maximum atomic E-state index is 14.0. The van der Waals surface area contributed by atoms with Gasteiger partial charge in [-0.3, -0.25) is 4.99 Å². The second-order valence-electron chi connectivity index (χ2n) is 6.47. The van der Waals surface area contributed by atoms with E-state index in [4.69, 9.17) is 4.74 Å². The molecule has 1 saturated carbocycles. The van der Waals surface area contributed by atoms with E-state index < -0.39 is 12.4 Å². The van der Waals surface area contributed by atoms with Crippen molar-refractivity contribution in [3.05, 3.63) is 29.6 Å². The Balaban J connectivity index is 1.93. The quantitative estimate of drug-likeness (QED) is 0.515. The molecule has 0 heterocycles. The number of hydrogen-bond donors (Lipinski definition) is 2. The lowest BCUT2D eigenvalue weighted by Gasteiger charge is -2.42. The molecule has 0 aliphatic heterocycles. The average molecular weight is 373 g/mol. The molecule has 1 aromatic carbocycles. The van der Waals surface area contributed by atoms with Gasteiger partial charge in [0.25, 0.3) is 0 Å². The van der Waals surface area contributed by atoms with Gasteiger partial charge in [0.05, 0.1) is 0 Å². The van der Waals surface area contributed by atoms with Crippen LogP contribution in [0.15, 0.2) is 23.2 Å². The molecule has 0 unspecified atom stereocenters. The molecule has 146 valence electrons. The normalized spacial score (nSPS) is 16.3. The van der Waals surface area contributed by atoms with Gasteiger partial charge in [0.1, 0.15) is 11.6 Å². The Morgan fingerprint density at radius 3 is 2.65 bits per heavy atom. The number of halogens is 3. The van der Waals surface area contributed by atoms with E-state index >= 15 is 0 Å². The lowest BCUT2D eigenvalue weighted by atomic mass is 9.67. The van der Waals surface area contributed by atoms with E-state index in [-0.39, 0.29) is 23.3 Å². The summed E-state index contributed by atoms with van der Waals surface area (Å²) in [5, 5.41) is 6.20. The van der Waals surface area contributed by atoms with Crippen LogP contribution in [-0.4, -0.2) is 39.9 Å². The molecule has 0 atom stereocenters. The molecule has 1 aromatic rings. The Hall–Kier alpha value is -1.96. The summed E-state index contributed by atoms with van der Waals surface area (Å²) in [6.07, 6.45) is 4.41. The third-order valence-electron chi connectivity index (χ3n) is 4.83. The van der Waals surface area contributed by atoms with Crippen molar-refractivity contribution in [2.24, 2.45) is 10.4 Å². The third-order valence-corrected chi connectivity index (χ3v) is 4.83. The van der Waals surface area contributed by atoms with Crippen molar-refractivity contribution < 1.29 is 22.6 Å². The molecule has 0 bridgehead atoms. The van der Waals surface area contributed by atoms with Gasteiger partial charge in [0, 0.05) is 39.4 Å². The highest BCUT2D eigenvalue weighted by molar-refractivity contribution is 5.79. The molecule has 2 rings (SSSR count). The molecule has 2 N–H and O–H groups in total. The molecule has 0 aromatic heterocycles. The Labute approximate surface area is 152 Å². The summed E-state index contributed by atoms with van der Waals surface area (Å²) < 4.78 is 48.5. The Morgan fingerprint density at radius 1 is 1.31 bits per heavy atom. The largest absolute Gasteiger partial charge is 0.434 e. The number of ether oxygens (including phenoxy) is 2. The number of alkyl halides is 2. The van der Waals surface area contributed by atoms with Crippen LogP contribution in [0.5, 0.6) is 5.75 Å². The van der Waals surface area contributed by atoms with E-state index in [0.717, 1.165) is 25.8 Å². The molecule has 1 aliphatic carbocycles. The van der Waals surface area contributed by atoms with Crippen LogP contribution in [0.25, 0.3) is 0 Å². The number of benzene rings is 1. The highest BCUT2D eigenvalue weighted by Crippen LogP contribution is 2.43. The number of nitrogens with one attached hydrogen (secondary N) is 2. The van der Waals surface area contributed by atoms with Crippen LogP contribution in [0.4, 0.5) is 13.2 Å². The maximum Gasteiger partial charge on any atom is 0.387 e. The first-order valence-electron chi connectivity index (χ1n) is 8.65. The van der Waals surface area contributed by atoms with Gasteiger partial charge in [0.2, 0.25) is 0 Å². The number of guanidine groups is 1. The second-order valence-corrected chi connectivity index (χ2v) is 6.47. The van der Waals surface area contributed by atoms with Gasteiger partial charge < -0.3 is 20.1 Å². The van der Waals surface area contributed by atoms with Gasteiger partial charge in [-0.25, -0.2) is 4.39 Å². The van der Waals surface area contributed by atoms with Gasteiger partial charge in [-0.15, -0.1) is 0 Å². The Bertz CT molecular complexity index is 607. The van der Waals surface area contributed by atoms with Crippen LogP contribution in [0.1, 0.15) is 31.2 Å². The van der Waals surface area contributed by atoms with E-state index in [1.165, 1.54) is 24.6 Å². The SMILES string of the molecule is CN=C(NCc1c(F)cccc1OC(F)F)NCC1(CCOC)CCC1. The smallest absolute Gasteiger partial charge is 0.387 e. The minimum atomic E-state index is -3.01. The molecule has 0 saturated heterocycles. The predicted molar refractivity (Wildman–Crippen MR) is 94.0 cm³/mol. The van der Waals surface area contributed by atoms with Crippen molar-refractivity contribution in [1.82, 2.24) is 10.6 Å². The Kier molecular flexibility index (Phi) is 7.56. The van der Waals surface area contributed by atoms with Crippen molar-refractivity contribution >= 4 is 5.96 Å². The lowest BCUT2D eigenvalue weighted by molar-refractivity contribution is -0.0506. The molecule has 8 heteroatoms. The molecule has 1 fully saturated rings. The topological polar surface area (TPSA) is 54.9 Å². The third kappa shape index (κ3) is 5.52. The lowest BCUT2D eigenvalue weighted by Crippen LogP contribution is -2.46. The highest BCUT2D eigenvalue weighted by atomic mass is 19.3. The van der Waals surface area contributed by atoms with Gasteiger partial charge in [-0.2, -0.15) is 8.78 Å². The summed E-state index contributed by atoms with van der Waals surface area (Å²) in [5.41, 5.74) is 0.226. The van der Waals surface area contributed by atoms with Gasteiger partial charge in [-0.1, -0.05) is 12.5 Å². The Morgan fingerprint density at radius 2 is 2.08 bits per heavy atom. The van der Waals surface area contributed by atoms with Crippen LogP contribution in [0.2, 0.25) is 0 Å². The number of aliphatic imine (C=N–C) groups is 1. The van der Waals surface area contributed by atoms with Crippen molar-refractivity contribution in [1.29, 1.82) is 0 Å². The summed E-state index contributed by atoms with van der Waals surface area (Å²) in [6.45, 7) is -1.59. The molecule has 26 heavy (non-hydrogen) atoms. The summed E-state index contributed by atoms with van der Waals surface area (Å²) in [7, 11) is 3.30. The second kappa shape index (κ2) is 9.66. The maximum absolute atomic E-state index is 14.0. The molecule has 0 spiro atoms. The minimum absolute atomic E-state index is 0.0144. The fraction of sp³-hybridized carbons (Fsp3) is 0.611. The molecular formula is C18H26F3N3O2. The van der Waals surface area contributed by atoms with E-state index in [0.29, 0.717) is 12.6 Å². The average Bonchev–Trinajstić information content (AvgIpc) is 2.57. The van der Waals surface area contributed by atoms with Crippen molar-refractivity contribution in [2.45, 2.75) is 38.8 Å². The number of rotatable bonds is 9. The number of hydrogen-bond acceptors (Lipinski definition) is 3. The molecule has 0 amide bonds. The fourth-order valence-electron chi connectivity index (χ4n) is 3.09. The van der Waals surface area contributed by atoms with Gasteiger partial charge >= 0.3 is 6.61 Å². The molecule has 5 nitrogen and oxygen atoms in total. The molecule has 0 radical (unpaired) electrons. The monoisotopic (exact) mass is 373 g/mol. The number of nitrogens with zero attached hydrogens (tertiary/aromatic N) is 1. The first-order valence-corrected chi connectivity index (χ1v) is 8.65. The molecule has 1 aliphatic rings. The van der Waals surface area contributed by atoms with Gasteiger partial charge in [0.15, 0.2) is 5.96 Å². The summed E-state index contributed by atoms with van der Waals surface area (Å²) in [5.74, 6) is -0.305. The zero-order valence-electron chi connectivity index (χ0n) is 15.2. The van der Waals surface area contributed by atoms with Crippen LogP contribution in [-0.2, 0) is 11.3 Å². The fourth-order valence-corrected chi connectivity index (χ4v) is 3.09. The minimum Gasteiger partial charge on any atom is -0.434 e. The summed E-state index contributed by atoms with van der Waals surface area (Å²) in [6, 6.07) is 3.86. The van der Waals surface area contributed by atoms with Crippen LogP contribution >= 0.6 is 0 Å². The first-order chi connectivity index (χ1) is 12.5. The van der Waals surface area contributed by atoms with E-state index in [2.05, 4.69) is 20.4 Å². The highest BCUT2D eigenvalue weighted by Gasteiger charge is 2.36. The zero-order chi connectivity index (χ0) is 19.0. The standard InChI is InChI=1S/C18H26F3N3O2/c1-22-17(24-12-18(7-4-8-18)9-10-25-2)23-11-13-14(19)5-3-6-15(13)26-16(20)21/h3,5-6,16H,4,7-12H2,1-2H3,(H2,22,23,24). The van der Waals surface area contributed by atoms with Crippen LogP contribution in [0, 0.1) is 11.2 Å². The van der Waals surface area contributed by atoms with Crippen molar-refractivity contribution in [2.75, 3.05) is 27.3 Å². The van der Waals surface area contributed by atoms with Crippen molar-refractivity contribution in [3.8, 4) is 5.75 Å². The van der Waals surface area contributed by atoms with Crippen molar-refractivity contribution in [3.63, 3.8) is 0 Å².